The second-order valence-electron chi connectivity index (χ2n) is 4.50. The Kier molecular flexibility index (Phi) is 4.32. The SMILES string of the molecule is CN(c1cccc(CCC(=O)O)c1)S(=O)(=O)c1ccoc1. The maximum absolute atomic E-state index is 12.3. The van der Waals surface area contributed by atoms with E-state index < -0.39 is 16.0 Å². The van der Waals surface area contributed by atoms with Crippen molar-refractivity contribution in [3.05, 3.63) is 48.4 Å². The highest BCUT2D eigenvalue weighted by molar-refractivity contribution is 7.92. The van der Waals surface area contributed by atoms with Crippen molar-refractivity contribution in [3.8, 4) is 0 Å². The van der Waals surface area contributed by atoms with E-state index in [1.165, 1.54) is 25.6 Å². The van der Waals surface area contributed by atoms with E-state index in [9.17, 15) is 13.2 Å². The van der Waals surface area contributed by atoms with Crippen LogP contribution in [0.3, 0.4) is 0 Å². The van der Waals surface area contributed by atoms with E-state index in [0.29, 0.717) is 12.1 Å². The normalized spacial score (nSPS) is 11.3. The van der Waals surface area contributed by atoms with Crippen LogP contribution in [0, 0.1) is 0 Å². The molecule has 7 heteroatoms. The molecule has 1 heterocycles. The third-order valence-corrected chi connectivity index (χ3v) is 4.82. The zero-order valence-electron chi connectivity index (χ0n) is 11.4. The van der Waals surface area contributed by atoms with Crippen LogP contribution in [0.1, 0.15) is 12.0 Å². The average molecular weight is 309 g/mol. The minimum absolute atomic E-state index is 0.00164. The van der Waals surface area contributed by atoms with Gasteiger partial charge in [0.05, 0.1) is 12.0 Å². The van der Waals surface area contributed by atoms with E-state index in [1.54, 1.807) is 24.3 Å². The molecule has 0 atom stereocenters. The number of carboxylic acids is 1. The molecule has 0 fully saturated rings. The number of carbonyl (C=O) groups is 1. The first-order chi connectivity index (χ1) is 9.91. The van der Waals surface area contributed by atoms with Gasteiger partial charge in [-0.15, -0.1) is 0 Å². The van der Waals surface area contributed by atoms with Gasteiger partial charge in [-0.05, 0) is 30.2 Å². The first-order valence-corrected chi connectivity index (χ1v) is 7.67. The Labute approximate surface area is 122 Å². The molecule has 1 aromatic heterocycles. The van der Waals surface area contributed by atoms with Crippen LogP contribution in [-0.4, -0.2) is 26.5 Å². The largest absolute Gasteiger partial charge is 0.481 e. The number of rotatable bonds is 6. The number of benzene rings is 1. The summed E-state index contributed by atoms with van der Waals surface area (Å²) >= 11 is 0. The van der Waals surface area contributed by atoms with E-state index in [0.717, 1.165) is 9.87 Å². The Morgan fingerprint density at radius 1 is 1.33 bits per heavy atom. The van der Waals surface area contributed by atoms with E-state index >= 15 is 0 Å². The maximum Gasteiger partial charge on any atom is 0.303 e. The Morgan fingerprint density at radius 3 is 2.71 bits per heavy atom. The number of aryl methyl sites for hydroxylation is 1. The quantitative estimate of drug-likeness (QED) is 0.883. The zero-order chi connectivity index (χ0) is 15.5. The summed E-state index contributed by atoms with van der Waals surface area (Å²) < 4.78 is 30.6. The van der Waals surface area contributed by atoms with Crippen molar-refractivity contribution >= 4 is 21.7 Å². The third kappa shape index (κ3) is 3.43. The summed E-state index contributed by atoms with van der Waals surface area (Å²) in [5.74, 6) is -0.889. The van der Waals surface area contributed by atoms with Gasteiger partial charge < -0.3 is 9.52 Å². The molecular weight excluding hydrogens is 294 g/mol. The van der Waals surface area contributed by atoms with E-state index in [2.05, 4.69) is 0 Å². The fourth-order valence-electron chi connectivity index (χ4n) is 1.85. The molecule has 6 nitrogen and oxygen atoms in total. The van der Waals surface area contributed by atoms with Gasteiger partial charge in [-0.3, -0.25) is 9.10 Å². The summed E-state index contributed by atoms with van der Waals surface area (Å²) in [5.41, 5.74) is 1.24. The van der Waals surface area contributed by atoms with Gasteiger partial charge in [0.25, 0.3) is 10.0 Å². The predicted molar refractivity (Wildman–Crippen MR) is 76.7 cm³/mol. The standard InChI is InChI=1S/C14H15NO5S/c1-15(21(18,19)13-7-8-20-10-13)12-4-2-3-11(9-12)5-6-14(16)17/h2-4,7-10H,5-6H2,1H3,(H,16,17). The van der Waals surface area contributed by atoms with Crippen LogP contribution in [0.15, 0.2) is 52.2 Å². The molecule has 2 aromatic rings. The maximum atomic E-state index is 12.3. The number of carboxylic acid groups (broad SMARTS) is 1. The minimum Gasteiger partial charge on any atom is -0.481 e. The summed E-state index contributed by atoms with van der Waals surface area (Å²) in [6, 6.07) is 8.17. The van der Waals surface area contributed by atoms with Gasteiger partial charge in [0.1, 0.15) is 11.2 Å². The molecule has 0 radical (unpaired) electrons. The number of aliphatic carboxylic acids is 1. The van der Waals surface area contributed by atoms with E-state index in [-0.39, 0.29) is 11.3 Å². The molecule has 0 bridgehead atoms. The molecular formula is C14H15NO5S. The molecule has 0 aliphatic heterocycles. The minimum atomic E-state index is -3.67. The van der Waals surface area contributed by atoms with Gasteiger partial charge in [-0.25, -0.2) is 8.42 Å². The lowest BCUT2D eigenvalue weighted by Gasteiger charge is -2.19. The summed E-state index contributed by atoms with van der Waals surface area (Å²) in [7, 11) is -2.23. The molecule has 1 N–H and O–H groups in total. The van der Waals surface area contributed by atoms with Crippen molar-refractivity contribution in [2.75, 3.05) is 11.4 Å². The van der Waals surface area contributed by atoms with Crippen LogP contribution in [0.25, 0.3) is 0 Å². The van der Waals surface area contributed by atoms with Crippen molar-refractivity contribution in [2.45, 2.75) is 17.7 Å². The second kappa shape index (κ2) is 6.01. The number of nitrogens with zero attached hydrogens (tertiary/aromatic N) is 1. The van der Waals surface area contributed by atoms with Gasteiger partial charge in [-0.2, -0.15) is 0 Å². The summed E-state index contributed by atoms with van der Waals surface area (Å²) in [6.07, 6.45) is 2.81. The number of hydrogen-bond acceptors (Lipinski definition) is 4. The number of hydrogen-bond donors (Lipinski definition) is 1. The molecule has 0 aliphatic carbocycles. The first kappa shape index (κ1) is 15.1. The van der Waals surface area contributed by atoms with Crippen molar-refractivity contribution in [1.29, 1.82) is 0 Å². The Morgan fingerprint density at radius 2 is 2.10 bits per heavy atom. The summed E-state index contributed by atoms with van der Waals surface area (Å²) in [5, 5.41) is 8.69. The Balaban J connectivity index is 2.25. The number of anilines is 1. The highest BCUT2D eigenvalue weighted by Crippen LogP contribution is 2.23. The monoisotopic (exact) mass is 309 g/mol. The predicted octanol–water partition coefficient (Wildman–Crippen LogP) is 2.12. The van der Waals surface area contributed by atoms with Crippen LogP contribution in [0.2, 0.25) is 0 Å². The van der Waals surface area contributed by atoms with Gasteiger partial charge >= 0.3 is 5.97 Å². The van der Waals surface area contributed by atoms with Crippen molar-refractivity contribution < 1.29 is 22.7 Å². The van der Waals surface area contributed by atoms with E-state index in [4.69, 9.17) is 9.52 Å². The molecule has 0 unspecified atom stereocenters. The highest BCUT2D eigenvalue weighted by atomic mass is 32.2. The molecule has 0 spiro atoms. The van der Waals surface area contributed by atoms with Gasteiger partial charge in [0.15, 0.2) is 0 Å². The lowest BCUT2D eigenvalue weighted by atomic mass is 10.1. The van der Waals surface area contributed by atoms with Crippen molar-refractivity contribution in [3.63, 3.8) is 0 Å². The second-order valence-corrected chi connectivity index (χ2v) is 6.46. The molecule has 0 aliphatic rings. The molecule has 0 saturated heterocycles. The molecule has 21 heavy (non-hydrogen) atoms. The van der Waals surface area contributed by atoms with Gasteiger partial charge in [0, 0.05) is 13.5 Å². The van der Waals surface area contributed by atoms with Crippen LogP contribution in [0.4, 0.5) is 5.69 Å². The van der Waals surface area contributed by atoms with Gasteiger partial charge in [0.2, 0.25) is 0 Å². The number of furan rings is 1. The van der Waals surface area contributed by atoms with Crippen LogP contribution >= 0.6 is 0 Å². The van der Waals surface area contributed by atoms with Crippen molar-refractivity contribution in [1.82, 2.24) is 0 Å². The lowest BCUT2D eigenvalue weighted by Crippen LogP contribution is -2.26. The Hall–Kier alpha value is -2.28. The molecule has 0 amide bonds. The average Bonchev–Trinajstić information content (AvgIpc) is 2.99. The van der Waals surface area contributed by atoms with Gasteiger partial charge in [-0.1, -0.05) is 12.1 Å². The van der Waals surface area contributed by atoms with Crippen LogP contribution in [-0.2, 0) is 21.2 Å². The highest BCUT2D eigenvalue weighted by Gasteiger charge is 2.22. The third-order valence-electron chi connectivity index (χ3n) is 3.06. The fraction of sp³-hybridized carbons (Fsp3) is 0.214. The lowest BCUT2D eigenvalue weighted by molar-refractivity contribution is -0.136. The topological polar surface area (TPSA) is 87.8 Å². The van der Waals surface area contributed by atoms with Crippen molar-refractivity contribution in [2.24, 2.45) is 0 Å². The van der Waals surface area contributed by atoms with Crippen LogP contribution in [0.5, 0.6) is 0 Å². The molecule has 112 valence electrons. The summed E-state index contributed by atoms with van der Waals surface area (Å²) in [4.78, 5) is 10.7. The molecule has 0 saturated carbocycles. The molecule has 1 aromatic carbocycles. The zero-order valence-corrected chi connectivity index (χ0v) is 12.2. The fourth-order valence-corrected chi connectivity index (χ4v) is 2.97. The summed E-state index contributed by atoms with van der Waals surface area (Å²) in [6.45, 7) is 0. The van der Waals surface area contributed by atoms with Crippen LogP contribution < -0.4 is 4.31 Å². The molecule has 2 rings (SSSR count). The Bertz CT molecular complexity index is 722. The number of sulfonamides is 1. The first-order valence-electron chi connectivity index (χ1n) is 6.23. The smallest absolute Gasteiger partial charge is 0.303 e. The van der Waals surface area contributed by atoms with E-state index in [1.807, 2.05) is 0 Å².